The largest absolute Gasteiger partial charge is 0.339 e. The van der Waals surface area contributed by atoms with Gasteiger partial charge in [-0.15, -0.1) is 0 Å². The van der Waals surface area contributed by atoms with Crippen LogP contribution in [-0.4, -0.2) is 38.7 Å². The van der Waals surface area contributed by atoms with Crippen molar-refractivity contribution in [3.05, 3.63) is 52.2 Å². The van der Waals surface area contributed by atoms with Gasteiger partial charge in [-0.3, -0.25) is 14.3 Å². The summed E-state index contributed by atoms with van der Waals surface area (Å²) >= 11 is 0. The molecule has 0 unspecified atom stereocenters. The highest BCUT2D eigenvalue weighted by Gasteiger charge is 2.25. The lowest BCUT2D eigenvalue weighted by molar-refractivity contribution is 0.0679. The van der Waals surface area contributed by atoms with Gasteiger partial charge in [-0.1, -0.05) is 6.92 Å². The van der Waals surface area contributed by atoms with E-state index in [1.165, 1.54) is 6.07 Å². The third-order valence-electron chi connectivity index (χ3n) is 4.49. The van der Waals surface area contributed by atoms with E-state index in [2.05, 4.69) is 10.1 Å². The number of pyridine rings is 1. The average molecular weight is 314 g/mol. The first kappa shape index (κ1) is 15.5. The molecular weight excluding hydrogens is 292 g/mol. The van der Waals surface area contributed by atoms with E-state index in [0.29, 0.717) is 17.9 Å². The number of aromatic amines is 1. The number of carbonyl (C=O) groups excluding carboxylic acids is 1. The number of aromatic nitrogens is 3. The molecule has 122 valence electrons. The number of amides is 1. The number of piperidine rings is 1. The standard InChI is InChI=1S/C17H22N4O2/c1-2-15-14(4-5-16(22)19-15)17(23)20-10-6-13(7-11-20)12-21-9-3-8-18-21/h3-5,8-9,13H,2,6-7,10-12H2,1H3,(H,19,22). The number of carbonyl (C=O) groups is 1. The summed E-state index contributed by atoms with van der Waals surface area (Å²) in [7, 11) is 0. The Balaban J connectivity index is 1.63. The van der Waals surface area contributed by atoms with Crippen LogP contribution in [0.4, 0.5) is 0 Å². The Hall–Kier alpha value is -2.37. The molecule has 1 aliphatic rings. The quantitative estimate of drug-likeness (QED) is 0.933. The first-order valence-electron chi connectivity index (χ1n) is 8.16. The van der Waals surface area contributed by atoms with Crippen molar-refractivity contribution in [2.24, 2.45) is 5.92 Å². The highest BCUT2D eigenvalue weighted by Crippen LogP contribution is 2.21. The summed E-state index contributed by atoms with van der Waals surface area (Å²) in [5.74, 6) is 0.579. The molecule has 6 heteroatoms. The molecule has 3 heterocycles. The van der Waals surface area contributed by atoms with E-state index in [4.69, 9.17) is 0 Å². The average Bonchev–Trinajstić information content (AvgIpc) is 3.08. The van der Waals surface area contributed by atoms with E-state index < -0.39 is 0 Å². The summed E-state index contributed by atoms with van der Waals surface area (Å²) in [6, 6.07) is 5.01. The minimum atomic E-state index is -0.156. The molecule has 0 aromatic carbocycles. The minimum Gasteiger partial charge on any atom is -0.339 e. The molecule has 1 N–H and O–H groups in total. The van der Waals surface area contributed by atoms with Crippen molar-refractivity contribution in [3.63, 3.8) is 0 Å². The Morgan fingerprint density at radius 1 is 1.35 bits per heavy atom. The van der Waals surface area contributed by atoms with Crippen molar-refractivity contribution < 1.29 is 4.79 Å². The van der Waals surface area contributed by atoms with Gasteiger partial charge in [0, 0.05) is 43.8 Å². The number of hydrogen-bond acceptors (Lipinski definition) is 3. The van der Waals surface area contributed by atoms with Gasteiger partial charge in [-0.05, 0) is 37.3 Å². The van der Waals surface area contributed by atoms with Gasteiger partial charge in [0.25, 0.3) is 5.91 Å². The first-order chi connectivity index (χ1) is 11.2. The Morgan fingerprint density at radius 2 is 2.13 bits per heavy atom. The molecule has 1 saturated heterocycles. The van der Waals surface area contributed by atoms with Crippen LogP contribution in [0.5, 0.6) is 0 Å². The van der Waals surface area contributed by atoms with E-state index in [1.807, 2.05) is 28.8 Å². The molecule has 1 amide bonds. The van der Waals surface area contributed by atoms with Crippen LogP contribution in [0.1, 0.15) is 35.8 Å². The second-order valence-electron chi connectivity index (χ2n) is 6.03. The first-order valence-corrected chi connectivity index (χ1v) is 8.16. The van der Waals surface area contributed by atoms with Crippen LogP contribution in [0.3, 0.4) is 0 Å². The zero-order valence-corrected chi connectivity index (χ0v) is 13.4. The zero-order valence-electron chi connectivity index (χ0n) is 13.4. The van der Waals surface area contributed by atoms with Crippen molar-refractivity contribution in [2.45, 2.75) is 32.7 Å². The van der Waals surface area contributed by atoms with Crippen LogP contribution in [-0.2, 0) is 13.0 Å². The molecule has 0 atom stereocenters. The second kappa shape index (κ2) is 6.81. The highest BCUT2D eigenvalue weighted by atomic mass is 16.2. The molecular formula is C17H22N4O2. The Labute approximate surface area is 135 Å². The Kier molecular flexibility index (Phi) is 4.60. The normalized spacial score (nSPS) is 15.8. The van der Waals surface area contributed by atoms with E-state index in [1.54, 1.807) is 12.3 Å². The number of nitrogens with one attached hydrogen (secondary N) is 1. The maximum Gasteiger partial charge on any atom is 0.255 e. The van der Waals surface area contributed by atoms with Crippen molar-refractivity contribution in [1.29, 1.82) is 0 Å². The molecule has 1 aliphatic heterocycles. The van der Waals surface area contributed by atoms with E-state index in [0.717, 1.165) is 38.2 Å². The molecule has 6 nitrogen and oxygen atoms in total. The van der Waals surface area contributed by atoms with Gasteiger partial charge in [0.2, 0.25) is 5.56 Å². The van der Waals surface area contributed by atoms with Gasteiger partial charge in [-0.25, -0.2) is 0 Å². The molecule has 2 aromatic heterocycles. The van der Waals surface area contributed by atoms with Crippen molar-refractivity contribution >= 4 is 5.91 Å². The van der Waals surface area contributed by atoms with Gasteiger partial charge in [0.05, 0.1) is 5.56 Å². The van der Waals surface area contributed by atoms with E-state index in [-0.39, 0.29) is 11.5 Å². The topological polar surface area (TPSA) is 71.0 Å². The van der Waals surface area contributed by atoms with Crippen LogP contribution >= 0.6 is 0 Å². The maximum absolute atomic E-state index is 12.7. The summed E-state index contributed by atoms with van der Waals surface area (Å²) in [6.07, 6.45) is 6.38. The van der Waals surface area contributed by atoms with Gasteiger partial charge >= 0.3 is 0 Å². The third-order valence-corrected chi connectivity index (χ3v) is 4.49. The SMILES string of the molecule is CCc1[nH]c(=O)ccc1C(=O)N1CCC(Cn2cccn2)CC1. The summed E-state index contributed by atoms with van der Waals surface area (Å²) in [5.41, 5.74) is 1.19. The van der Waals surface area contributed by atoms with Gasteiger partial charge in [0.15, 0.2) is 0 Å². The minimum absolute atomic E-state index is 0.0237. The lowest BCUT2D eigenvalue weighted by atomic mass is 9.96. The molecule has 1 fully saturated rings. The summed E-state index contributed by atoms with van der Waals surface area (Å²) < 4.78 is 1.96. The Bertz CT molecular complexity index is 712. The number of likely N-dealkylation sites (tertiary alicyclic amines) is 1. The molecule has 0 radical (unpaired) electrons. The van der Waals surface area contributed by atoms with Crippen molar-refractivity contribution in [3.8, 4) is 0 Å². The molecule has 23 heavy (non-hydrogen) atoms. The van der Waals surface area contributed by atoms with Crippen LogP contribution in [0, 0.1) is 5.92 Å². The van der Waals surface area contributed by atoms with Crippen LogP contribution in [0.15, 0.2) is 35.4 Å². The highest BCUT2D eigenvalue weighted by molar-refractivity contribution is 5.95. The predicted octanol–water partition coefficient (Wildman–Crippen LogP) is 1.69. The van der Waals surface area contributed by atoms with Crippen LogP contribution in [0.25, 0.3) is 0 Å². The zero-order chi connectivity index (χ0) is 16.2. The Morgan fingerprint density at radius 3 is 2.78 bits per heavy atom. The van der Waals surface area contributed by atoms with Crippen molar-refractivity contribution in [2.75, 3.05) is 13.1 Å². The number of rotatable bonds is 4. The van der Waals surface area contributed by atoms with E-state index >= 15 is 0 Å². The fraction of sp³-hybridized carbons (Fsp3) is 0.471. The summed E-state index contributed by atoms with van der Waals surface area (Å²) in [5, 5.41) is 4.25. The lowest BCUT2D eigenvalue weighted by Crippen LogP contribution is -2.40. The molecule has 3 rings (SSSR count). The van der Waals surface area contributed by atoms with Crippen LogP contribution < -0.4 is 5.56 Å². The molecule has 0 saturated carbocycles. The number of hydrogen-bond donors (Lipinski definition) is 1. The molecule has 2 aromatic rings. The van der Waals surface area contributed by atoms with Gasteiger partial charge in [0.1, 0.15) is 0 Å². The van der Waals surface area contributed by atoms with E-state index in [9.17, 15) is 9.59 Å². The number of aryl methyl sites for hydroxylation is 1. The van der Waals surface area contributed by atoms with Crippen molar-refractivity contribution in [1.82, 2.24) is 19.7 Å². The third kappa shape index (κ3) is 3.52. The van der Waals surface area contributed by atoms with Gasteiger partial charge < -0.3 is 9.88 Å². The number of H-pyrrole nitrogens is 1. The van der Waals surface area contributed by atoms with Gasteiger partial charge in [-0.2, -0.15) is 5.10 Å². The second-order valence-corrected chi connectivity index (χ2v) is 6.03. The smallest absolute Gasteiger partial charge is 0.255 e. The summed E-state index contributed by atoms with van der Waals surface area (Å²) in [4.78, 5) is 28.8. The predicted molar refractivity (Wildman–Crippen MR) is 87.3 cm³/mol. The molecule has 0 spiro atoms. The molecule has 0 bridgehead atoms. The number of nitrogens with zero attached hydrogens (tertiary/aromatic N) is 3. The van der Waals surface area contributed by atoms with Crippen LogP contribution in [0.2, 0.25) is 0 Å². The summed E-state index contributed by atoms with van der Waals surface area (Å²) in [6.45, 7) is 4.37. The fourth-order valence-electron chi connectivity index (χ4n) is 3.16. The monoisotopic (exact) mass is 314 g/mol. The lowest BCUT2D eigenvalue weighted by Gasteiger charge is -2.32. The maximum atomic E-state index is 12.7. The molecule has 0 aliphatic carbocycles. The fourth-order valence-corrected chi connectivity index (χ4v) is 3.16.